The molecule has 4 rings (SSSR count). The Balaban J connectivity index is 1.35. The Kier molecular flexibility index (Phi) is 5.07. The molecule has 3 heterocycles. The number of carbonyl (C=O) groups is 1. The number of carbonyl (C=O) groups excluding carboxylic acids is 1. The predicted molar refractivity (Wildman–Crippen MR) is 106 cm³/mol. The lowest BCUT2D eigenvalue weighted by atomic mass is 10.2. The van der Waals surface area contributed by atoms with Gasteiger partial charge in [-0.25, -0.2) is 4.98 Å². The summed E-state index contributed by atoms with van der Waals surface area (Å²) in [7, 11) is 0. The number of morpholine rings is 1. The summed E-state index contributed by atoms with van der Waals surface area (Å²) in [6.07, 6.45) is 3.08. The number of hydrogen-bond donors (Lipinski definition) is 1. The van der Waals surface area contributed by atoms with Crippen LogP contribution in [0.15, 0.2) is 48.7 Å². The summed E-state index contributed by atoms with van der Waals surface area (Å²) in [5.41, 5.74) is 4.97. The number of rotatable bonds is 5. The number of fused-ring (bicyclic) bond motifs is 1. The molecule has 6 nitrogen and oxygen atoms in total. The van der Waals surface area contributed by atoms with Gasteiger partial charge >= 0.3 is 0 Å². The molecule has 1 aliphatic heterocycles. The Labute approximate surface area is 158 Å². The van der Waals surface area contributed by atoms with E-state index in [9.17, 15) is 4.79 Å². The highest BCUT2D eigenvalue weighted by Gasteiger charge is 2.12. The summed E-state index contributed by atoms with van der Waals surface area (Å²) in [4.78, 5) is 19.2. The molecule has 1 fully saturated rings. The number of ether oxygens (including phenoxy) is 1. The van der Waals surface area contributed by atoms with Crippen LogP contribution in [0.5, 0.6) is 0 Å². The van der Waals surface area contributed by atoms with Crippen molar-refractivity contribution in [1.82, 2.24) is 9.38 Å². The molecule has 0 unspecified atom stereocenters. The van der Waals surface area contributed by atoms with Gasteiger partial charge < -0.3 is 19.4 Å². The van der Waals surface area contributed by atoms with Gasteiger partial charge in [0.25, 0.3) is 0 Å². The molecule has 1 saturated heterocycles. The van der Waals surface area contributed by atoms with Gasteiger partial charge in [0, 0.05) is 42.8 Å². The number of anilines is 2. The lowest BCUT2D eigenvalue weighted by Gasteiger charge is -2.28. The van der Waals surface area contributed by atoms with Crippen LogP contribution >= 0.6 is 0 Å². The fourth-order valence-electron chi connectivity index (χ4n) is 3.50. The standard InChI is InChI=1S/C21H24N4O2/c1-16-19(25-11-3-2-4-20(25)22-16)9-10-21(26)23-17-5-7-18(8-6-17)24-12-14-27-15-13-24/h2-8,11H,9-10,12-15H2,1H3,(H,23,26). The molecule has 0 saturated carbocycles. The first-order valence-corrected chi connectivity index (χ1v) is 9.36. The quantitative estimate of drug-likeness (QED) is 0.756. The van der Waals surface area contributed by atoms with E-state index in [-0.39, 0.29) is 5.91 Å². The molecular formula is C21H24N4O2. The molecule has 0 radical (unpaired) electrons. The predicted octanol–water partition coefficient (Wildman–Crippen LogP) is 3.05. The molecule has 140 valence electrons. The highest BCUT2D eigenvalue weighted by atomic mass is 16.5. The zero-order chi connectivity index (χ0) is 18.6. The third-order valence-electron chi connectivity index (χ3n) is 4.95. The maximum Gasteiger partial charge on any atom is 0.224 e. The number of nitrogens with one attached hydrogen (secondary N) is 1. The molecule has 3 aromatic rings. The zero-order valence-electron chi connectivity index (χ0n) is 15.5. The fraction of sp³-hybridized carbons (Fsp3) is 0.333. The summed E-state index contributed by atoms with van der Waals surface area (Å²) in [5, 5.41) is 2.99. The monoisotopic (exact) mass is 364 g/mol. The smallest absolute Gasteiger partial charge is 0.224 e. The van der Waals surface area contributed by atoms with E-state index in [4.69, 9.17) is 4.74 Å². The van der Waals surface area contributed by atoms with Crippen molar-refractivity contribution in [2.45, 2.75) is 19.8 Å². The Hall–Kier alpha value is -2.86. The van der Waals surface area contributed by atoms with E-state index in [1.165, 1.54) is 0 Å². The van der Waals surface area contributed by atoms with E-state index in [1.807, 2.05) is 43.5 Å². The maximum atomic E-state index is 12.4. The Morgan fingerprint density at radius 1 is 1.15 bits per heavy atom. The van der Waals surface area contributed by atoms with Crippen LogP contribution in [0.1, 0.15) is 17.8 Å². The minimum atomic E-state index is 0.0133. The molecule has 0 bridgehead atoms. The molecule has 0 aliphatic carbocycles. The normalized spacial score (nSPS) is 14.5. The Morgan fingerprint density at radius 3 is 2.70 bits per heavy atom. The van der Waals surface area contributed by atoms with Crippen molar-refractivity contribution < 1.29 is 9.53 Å². The van der Waals surface area contributed by atoms with Gasteiger partial charge in [-0.05, 0) is 49.7 Å². The van der Waals surface area contributed by atoms with E-state index < -0.39 is 0 Å². The Morgan fingerprint density at radius 2 is 1.93 bits per heavy atom. The lowest BCUT2D eigenvalue weighted by Crippen LogP contribution is -2.36. The second kappa shape index (κ2) is 7.80. The number of amides is 1. The first-order valence-electron chi connectivity index (χ1n) is 9.36. The summed E-state index contributed by atoms with van der Waals surface area (Å²) >= 11 is 0. The first-order chi connectivity index (χ1) is 13.2. The van der Waals surface area contributed by atoms with Gasteiger partial charge in [-0.3, -0.25) is 4.79 Å². The third kappa shape index (κ3) is 3.95. The molecule has 6 heteroatoms. The molecule has 1 aromatic carbocycles. The van der Waals surface area contributed by atoms with E-state index in [0.717, 1.165) is 54.7 Å². The molecule has 0 spiro atoms. The molecule has 1 amide bonds. The summed E-state index contributed by atoms with van der Waals surface area (Å²) in [6, 6.07) is 14.0. The van der Waals surface area contributed by atoms with Crippen LogP contribution in [0.4, 0.5) is 11.4 Å². The second-order valence-electron chi connectivity index (χ2n) is 6.77. The van der Waals surface area contributed by atoms with Gasteiger partial charge in [0.15, 0.2) is 0 Å². The molecule has 1 aliphatic rings. The fourth-order valence-corrected chi connectivity index (χ4v) is 3.50. The van der Waals surface area contributed by atoms with Gasteiger partial charge in [0.2, 0.25) is 5.91 Å². The second-order valence-corrected chi connectivity index (χ2v) is 6.77. The largest absolute Gasteiger partial charge is 0.378 e. The number of hydrogen-bond acceptors (Lipinski definition) is 4. The molecule has 27 heavy (non-hydrogen) atoms. The molecule has 1 N–H and O–H groups in total. The van der Waals surface area contributed by atoms with Crippen LogP contribution in [0.25, 0.3) is 5.65 Å². The topological polar surface area (TPSA) is 58.9 Å². The number of nitrogens with zero attached hydrogens (tertiary/aromatic N) is 3. The minimum absolute atomic E-state index is 0.0133. The van der Waals surface area contributed by atoms with E-state index in [1.54, 1.807) is 0 Å². The van der Waals surface area contributed by atoms with Crippen molar-refractivity contribution in [1.29, 1.82) is 0 Å². The van der Waals surface area contributed by atoms with E-state index in [0.29, 0.717) is 12.8 Å². The zero-order valence-corrected chi connectivity index (χ0v) is 15.5. The molecular weight excluding hydrogens is 340 g/mol. The van der Waals surface area contributed by atoms with Crippen molar-refractivity contribution in [3.63, 3.8) is 0 Å². The molecule has 2 aromatic heterocycles. The van der Waals surface area contributed by atoms with Gasteiger partial charge in [-0.15, -0.1) is 0 Å². The Bertz CT molecular complexity index is 927. The van der Waals surface area contributed by atoms with Crippen LogP contribution in [0, 0.1) is 6.92 Å². The van der Waals surface area contributed by atoms with Crippen LogP contribution in [0.3, 0.4) is 0 Å². The van der Waals surface area contributed by atoms with Crippen molar-refractivity contribution in [2.24, 2.45) is 0 Å². The van der Waals surface area contributed by atoms with Crippen LogP contribution < -0.4 is 10.2 Å². The van der Waals surface area contributed by atoms with Crippen molar-refractivity contribution in [2.75, 3.05) is 36.5 Å². The number of benzene rings is 1. The van der Waals surface area contributed by atoms with Gasteiger partial charge in [0.1, 0.15) is 5.65 Å². The lowest BCUT2D eigenvalue weighted by molar-refractivity contribution is -0.116. The van der Waals surface area contributed by atoms with Gasteiger partial charge in [-0.1, -0.05) is 6.07 Å². The van der Waals surface area contributed by atoms with Crippen molar-refractivity contribution in [3.05, 3.63) is 60.0 Å². The van der Waals surface area contributed by atoms with Crippen molar-refractivity contribution in [3.8, 4) is 0 Å². The first kappa shape index (κ1) is 17.5. The number of aromatic nitrogens is 2. The van der Waals surface area contributed by atoms with Crippen molar-refractivity contribution >= 4 is 22.9 Å². The van der Waals surface area contributed by atoms with Gasteiger partial charge in [0.05, 0.1) is 18.9 Å². The summed E-state index contributed by atoms with van der Waals surface area (Å²) in [5.74, 6) is 0.0133. The van der Waals surface area contributed by atoms with Crippen LogP contribution in [-0.4, -0.2) is 41.6 Å². The average molecular weight is 364 g/mol. The number of aryl methyl sites for hydroxylation is 2. The number of imidazole rings is 1. The average Bonchev–Trinajstić information content (AvgIpc) is 3.03. The summed E-state index contributed by atoms with van der Waals surface area (Å²) in [6.45, 7) is 5.34. The maximum absolute atomic E-state index is 12.4. The van der Waals surface area contributed by atoms with E-state index >= 15 is 0 Å². The summed E-state index contributed by atoms with van der Waals surface area (Å²) < 4.78 is 7.44. The highest BCUT2D eigenvalue weighted by molar-refractivity contribution is 5.91. The molecule has 0 atom stereocenters. The van der Waals surface area contributed by atoms with E-state index in [2.05, 4.69) is 31.7 Å². The SMILES string of the molecule is Cc1nc2ccccn2c1CCC(=O)Nc1ccc(N2CCOCC2)cc1. The highest BCUT2D eigenvalue weighted by Crippen LogP contribution is 2.19. The number of pyridine rings is 1. The van der Waals surface area contributed by atoms with Crippen LogP contribution in [0.2, 0.25) is 0 Å². The van der Waals surface area contributed by atoms with Crippen LogP contribution in [-0.2, 0) is 16.0 Å². The third-order valence-corrected chi connectivity index (χ3v) is 4.95. The van der Waals surface area contributed by atoms with Gasteiger partial charge in [-0.2, -0.15) is 0 Å². The minimum Gasteiger partial charge on any atom is -0.378 e.